The molecule has 0 radical (unpaired) electrons. The van der Waals surface area contributed by atoms with Crippen molar-refractivity contribution in [2.24, 2.45) is 15.1 Å². The average Bonchev–Trinajstić information content (AvgIpc) is 3.03. The van der Waals surface area contributed by atoms with Gasteiger partial charge in [0.15, 0.2) is 0 Å². The Morgan fingerprint density at radius 1 is 1.57 bits per heavy atom. The number of allylic oxidation sites excluding steroid dienone is 1. The van der Waals surface area contributed by atoms with Crippen LogP contribution in [-0.2, 0) is 9.09 Å². The van der Waals surface area contributed by atoms with Gasteiger partial charge in [0.2, 0.25) is 0 Å². The van der Waals surface area contributed by atoms with Crippen LogP contribution in [-0.4, -0.2) is 50.9 Å². The highest BCUT2D eigenvalue weighted by molar-refractivity contribution is 8.46. The van der Waals surface area contributed by atoms with Crippen LogP contribution >= 0.6 is 18.0 Å². The van der Waals surface area contributed by atoms with Crippen LogP contribution in [0.4, 0.5) is 0 Å². The lowest BCUT2D eigenvalue weighted by molar-refractivity contribution is 0.198. The van der Waals surface area contributed by atoms with E-state index in [2.05, 4.69) is 26.0 Å². The Balaban J connectivity index is 1.92. The van der Waals surface area contributed by atoms with E-state index in [1.807, 2.05) is 13.8 Å². The Hall–Kier alpha value is -0.960. The molecule has 1 saturated heterocycles. The van der Waals surface area contributed by atoms with Gasteiger partial charge in [-0.2, -0.15) is 0 Å². The number of hydrogen-bond acceptors (Lipinski definition) is 5. The van der Waals surface area contributed by atoms with Gasteiger partial charge >= 0.3 is 7.82 Å². The van der Waals surface area contributed by atoms with Gasteiger partial charge in [-0.3, -0.25) is 14.7 Å². The van der Waals surface area contributed by atoms with Crippen molar-refractivity contribution in [3.63, 3.8) is 0 Å². The first-order chi connectivity index (χ1) is 10.6. The number of phosphoric acid groups is 1. The van der Waals surface area contributed by atoms with E-state index in [4.69, 9.17) is 14.9 Å². The zero-order valence-electron chi connectivity index (χ0n) is 13.5. The summed E-state index contributed by atoms with van der Waals surface area (Å²) in [5, 5.41) is 7.37. The van der Waals surface area contributed by atoms with Crippen LogP contribution in [0.1, 0.15) is 20.3 Å². The average molecular weight is 362 g/mol. The summed E-state index contributed by atoms with van der Waals surface area (Å²) in [7, 11) is -4.26. The quantitative estimate of drug-likeness (QED) is 0.376. The molecule has 0 aromatic heterocycles. The molecule has 2 aliphatic rings. The van der Waals surface area contributed by atoms with E-state index in [-0.39, 0.29) is 6.61 Å². The van der Waals surface area contributed by atoms with Crippen molar-refractivity contribution in [2.45, 2.75) is 20.3 Å². The Bertz CT molecular complexity index is 669. The van der Waals surface area contributed by atoms with Gasteiger partial charge in [-0.25, -0.2) is 9.56 Å². The van der Waals surface area contributed by atoms with Crippen LogP contribution in [0.2, 0.25) is 0 Å². The molecule has 2 aliphatic heterocycles. The van der Waals surface area contributed by atoms with Gasteiger partial charge in [0, 0.05) is 30.6 Å². The minimum Gasteiger partial charge on any atom is -0.336 e. The molecule has 1 fully saturated rings. The fourth-order valence-corrected chi connectivity index (χ4v) is 5.41. The number of phosphoric ester groups is 1. The van der Waals surface area contributed by atoms with Crippen molar-refractivity contribution in [3.8, 4) is 0 Å². The second-order valence-electron chi connectivity index (χ2n) is 5.54. The summed E-state index contributed by atoms with van der Waals surface area (Å²) < 4.78 is 15.2. The number of aliphatic imine (C=N–C) groups is 2. The van der Waals surface area contributed by atoms with Crippen molar-refractivity contribution in [1.82, 2.24) is 4.90 Å². The lowest BCUT2D eigenvalue weighted by Gasteiger charge is -2.47. The van der Waals surface area contributed by atoms with E-state index < -0.39 is 18.0 Å². The van der Waals surface area contributed by atoms with Gasteiger partial charge in [0.25, 0.3) is 0 Å². The van der Waals surface area contributed by atoms with Gasteiger partial charge in [-0.1, -0.05) is 6.58 Å². The maximum atomic E-state index is 10.7. The van der Waals surface area contributed by atoms with Crippen LogP contribution < -0.4 is 5.14 Å². The van der Waals surface area contributed by atoms with Gasteiger partial charge in [-0.05, 0) is 19.4 Å². The molecule has 0 spiro atoms. The van der Waals surface area contributed by atoms with Crippen molar-refractivity contribution in [1.29, 1.82) is 0 Å². The number of hydrogen-bond donors (Lipinski definition) is 3. The van der Waals surface area contributed by atoms with E-state index in [9.17, 15) is 4.57 Å². The largest absolute Gasteiger partial charge is 0.469 e. The van der Waals surface area contributed by atoms with Gasteiger partial charge in [0.05, 0.1) is 17.5 Å². The summed E-state index contributed by atoms with van der Waals surface area (Å²) in [6.45, 7) is 7.75. The molecule has 4 N–H and O–H groups in total. The van der Waals surface area contributed by atoms with E-state index >= 15 is 0 Å². The minimum absolute atomic E-state index is 0.0182. The number of rotatable bonds is 6. The number of amidine groups is 1. The van der Waals surface area contributed by atoms with E-state index in [0.717, 1.165) is 27.8 Å². The fraction of sp³-hybridized carbons (Fsp3) is 0.538. The first kappa shape index (κ1) is 18.4. The van der Waals surface area contributed by atoms with Crippen LogP contribution in [0.3, 0.4) is 0 Å². The Morgan fingerprint density at radius 3 is 2.74 bits per heavy atom. The first-order valence-electron chi connectivity index (χ1n) is 7.01. The molecule has 2 heterocycles. The minimum atomic E-state index is -4.41. The van der Waals surface area contributed by atoms with Crippen molar-refractivity contribution in [3.05, 3.63) is 23.5 Å². The van der Waals surface area contributed by atoms with Crippen LogP contribution in [0, 0.1) is 0 Å². The van der Waals surface area contributed by atoms with Gasteiger partial charge in [-0.15, -0.1) is 10.2 Å². The smallest absolute Gasteiger partial charge is 0.336 e. The summed E-state index contributed by atoms with van der Waals surface area (Å²) in [5.41, 5.74) is 3.05. The Kier molecular flexibility index (Phi) is 5.20. The third-order valence-electron chi connectivity index (χ3n) is 3.76. The number of nitrogens with two attached hydrogens (primary N) is 1. The topological polar surface area (TPSA) is 121 Å². The Labute approximate surface area is 137 Å². The summed E-state index contributed by atoms with van der Waals surface area (Å²) in [6, 6.07) is 0. The third-order valence-corrected chi connectivity index (χ3v) is 7.01. The molecule has 0 aliphatic carbocycles. The standard InChI is InChI=1S/C13H23N4O4PS/c1-9-7-23(14,13(9)16-11(3)15-4)8-17-10(2)12(17)5-6-21-22(18,19)20/h1,5-8,14H2,2-4H3,(H2,18,19,20). The number of nitrogens with zero attached hydrogens (tertiary/aromatic N) is 3. The van der Waals surface area contributed by atoms with E-state index in [0.29, 0.717) is 18.1 Å². The lowest BCUT2D eigenvalue weighted by Crippen LogP contribution is -2.41. The molecule has 130 valence electrons. The Morgan fingerprint density at radius 2 is 2.22 bits per heavy atom. The highest BCUT2D eigenvalue weighted by Crippen LogP contribution is 2.57. The molecule has 2 rings (SSSR count). The zero-order chi connectivity index (χ0) is 17.4. The molecule has 23 heavy (non-hydrogen) atoms. The lowest BCUT2D eigenvalue weighted by atomic mass is 10.3. The van der Waals surface area contributed by atoms with Crippen LogP contribution in [0.5, 0.6) is 0 Å². The van der Waals surface area contributed by atoms with Crippen molar-refractivity contribution < 1.29 is 18.9 Å². The summed E-state index contributed by atoms with van der Waals surface area (Å²) in [4.78, 5) is 28.0. The monoisotopic (exact) mass is 362 g/mol. The molecule has 0 aromatic rings. The van der Waals surface area contributed by atoms with Gasteiger partial charge < -0.3 is 14.7 Å². The normalized spacial score (nSPS) is 29.7. The van der Waals surface area contributed by atoms with E-state index in [1.165, 1.54) is 0 Å². The predicted octanol–water partition coefficient (Wildman–Crippen LogP) is 1.69. The summed E-state index contributed by atoms with van der Waals surface area (Å²) in [6.07, 6.45) is 0.454. The SMILES string of the molecule is C=C1CS(N)(CN2C(C)=C2CCOP(=O)(O)O)C1=NC(C)=NC. The highest BCUT2D eigenvalue weighted by Gasteiger charge is 2.44. The van der Waals surface area contributed by atoms with E-state index in [1.54, 1.807) is 7.05 Å². The van der Waals surface area contributed by atoms with Crippen LogP contribution in [0.15, 0.2) is 33.5 Å². The molecule has 1 atom stereocenters. The second kappa shape index (κ2) is 6.51. The maximum absolute atomic E-state index is 10.7. The zero-order valence-corrected chi connectivity index (χ0v) is 15.2. The highest BCUT2D eigenvalue weighted by atomic mass is 32.3. The maximum Gasteiger partial charge on any atom is 0.469 e. The molecule has 10 heteroatoms. The molecule has 0 amide bonds. The molecule has 0 aromatic carbocycles. The molecule has 0 saturated carbocycles. The molecule has 8 nitrogen and oxygen atoms in total. The fourth-order valence-electron chi connectivity index (χ4n) is 2.45. The molecule has 0 bridgehead atoms. The van der Waals surface area contributed by atoms with Crippen LogP contribution in [0.25, 0.3) is 0 Å². The predicted molar refractivity (Wildman–Crippen MR) is 94.3 cm³/mol. The third kappa shape index (κ3) is 4.32. The summed E-state index contributed by atoms with van der Waals surface area (Å²) >= 11 is 0. The van der Waals surface area contributed by atoms with Crippen molar-refractivity contribution >= 4 is 28.9 Å². The molecular weight excluding hydrogens is 339 g/mol. The van der Waals surface area contributed by atoms with Crippen molar-refractivity contribution in [2.75, 3.05) is 25.3 Å². The second-order valence-corrected chi connectivity index (χ2v) is 9.60. The molecule has 1 unspecified atom stereocenters. The summed E-state index contributed by atoms with van der Waals surface area (Å²) in [5.74, 6) is 2.08. The molecular formula is C13H23N4O4PS. The first-order valence-corrected chi connectivity index (χ1v) is 10.6. The van der Waals surface area contributed by atoms with Gasteiger partial charge in [0.1, 0.15) is 5.84 Å².